The molecule has 106 valence electrons. The summed E-state index contributed by atoms with van der Waals surface area (Å²) in [5.41, 5.74) is 0. The average molecular weight is 287 g/mol. The highest BCUT2D eigenvalue weighted by Gasteiger charge is 2.15. The first kappa shape index (κ1) is 19.5. The van der Waals surface area contributed by atoms with Gasteiger partial charge < -0.3 is 5.32 Å². The largest absolute Gasteiger partial charge is 0.313 e. The Bertz CT molecular complexity index is 271. The Kier molecular flexibility index (Phi) is 11.6. The molecule has 0 bridgehead atoms. The lowest BCUT2D eigenvalue weighted by Crippen LogP contribution is -2.40. The molecule has 0 rings (SSSR count). The first-order valence-corrected chi connectivity index (χ1v) is 7.77. The topological polar surface area (TPSA) is 58.2 Å². The van der Waals surface area contributed by atoms with Crippen molar-refractivity contribution in [1.82, 2.24) is 10.0 Å². The second-order valence-corrected chi connectivity index (χ2v) is 6.33. The maximum Gasteiger partial charge on any atom is 0.211 e. The Morgan fingerprint density at radius 1 is 1.18 bits per heavy atom. The molecule has 2 atom stereocenters. The molecular formula is C11H27ClN2O2S. The van der Waals surface area contributed by atoms with Crippen molar-refractivity contribution in [2.75, 3.05) is 18.8 Å². The van der Waals surface area contributed by atoms with Gasteiger partial charge in [0.1, 0.15) is 0 Å². The van der Waals surface area contributed by atoms with Crippen molar-refractivity contribution < 1.29 is 8.42 Å². The minimum Gasteiger partial charge on any atom is -0.313 e. The zero-order chi connectivity index (χ0) is 12.6. The van der Waals surface area contributed by atoms with E-state index in [1.165, 1.54) is 0 Å². The lowest BCUT2D eigenvalue weighted by molar-refractivity contribution is 0.517. The van der Waals surface area contributed by atoms with E-state index in [2.05, 4.69) is 17.0 Å². The first-order valence-electron chi connectivity index (χ1n) is 6.12. The van der Waals surface area contributed by atoms with Crippen LogP contribution in [0.5, 0.6) is 0 Å². The standard InChI is InChI=1S/C11H26N2O2S.ClH/c1-5-7-10(3)9-16(14,15)13-8-11(4)12-6-2;/h10-13H,5-9H2,1-4H3;1H/t10?,11-;/m1./s1. The molecule has 0 aromatic rings. The van der Waals surface area contributed by atoms with E-state index in [0.717, 1.165) is 19.4 Å². The number of nitrogens with one attached hydrogen (secondary N) is 2. The Labute approximate surface area is 112 Å². The van der Waals surface area contributed by atoms with Gasteiger partial charge in [0, 0.05) is 12.6 Å². The molecule has 0 saturated heterocycles. The summed E-state index contributed by atoms with van der Waals surface area (Å²) < 4.78 is 26.0. The molecule has 4 nitrogen and oxygen atoms in total. The van der Waals surface area contributed by atoms with Crippen LogP contribution in [0.3, 0.4) is 0 Å². The Hall–Kier alpha value is 0.160. The maximum atomic E-state index is 11.7. The quantitative estimate of drug-likeness (QED) is 0.679. The third kappa shape index (κ3) is 11.0. The second-order valence-electron chi connectivity index (χ2n) is 4.48. The summed E-state index contributed by atoms with van der Waals surface area (Å²) in [5, 5.41) is 3.17. The molecule has 0 spiro atoms. The summed E-state index contributed by atoms with van der Waals surface area (Å²) in [5.74, 6) is 0.469. The van der Waals surface area contributed by atoms with Crippen molar-refractivity contribution in [3.8, 4) is 0 Å². The van der Waals surface area contributed by atoms with E-state index in [1.54, 1.807) is 0 Å². The van der Waals surface area contributed by atoms with E-state index in [9.17, 15) is 8.42 Å². The Morgan fingerprint density at radius 3 is 2.24 bits per heavy atom. The fourth-order valence-electron chi connectivity index (χ4n) is 1.68. The van der Waals surface area contributed by atoms with Gasteiger partial charge in [-0.05, 0) is 25.8 Å². The van der Waals surface area contributed by atoms with Gasteiger partial charge >= 0.3 is 0 Å². The summed E-state index contributed by atoms with van der Waals surface area (Å²) in [7, 11) is -3.11. The van der Waals surface area contributed by atoms with Gasteiger partial charge in [-0.3, -0.25) is 0 Å². The molecule has 0 aliphatic rings. The molecule has 0 aromatic heterocycles. The third-order valence-electron chi connectivity index (χ3n) is 2.45. The molecule has 1 unspecified atom stereocenters. The molecular weight excluding hydrogens is 260 g/mol. The highest BCUT2D eigenvalue weighted by Crippen LogP contribution is 2.07. The molecule has 0 aliphatic carbocycles. The minimum absolute atomic E-state index is 0. The average Bonchev–Trinajstić information content (AvgIpc) is 2.15. The molecule has 0 aromatic carbocycles. The van der Waals surface area contributed by atoms with Gasteiger partial charge in [0.05, 0.1) is 5.75 Å². The lowest BCUT2D eigenvalue weighted by atomic mass is 10.1. The minimum atomic E-state index is -3.11. The SMILES string of the molecule is CCCC(C)CS(=O)(=O)NC[C@@H](C)NCC.Cl. The molecule has 17 heavy (non-hydrogen) atoms. The van der Waals surface area contributed by atoms with Gasteiger partial charge in [0.2, 0.25) is 10.0 Å². The number of hydrogen-bond acceptors (Lipinski definition) is 3. The zero-order valence-corrected chi connectivity index (χ0v) is 13.0. The van der Waals surface area contributed by atoms with Crippen LogP contribution in [0.2, 0.25) is 0 Å². The number of sulfonamides is 1. The normalized spacial score (nSPS) is 15.1. The van der Waals surface area contributed by atoms with E-state index >= 15 is 0 Å². The van der Waals surface area contributed by atoms with Gasteiger partial charge in [-0.1, -0.05) is 27.2 Å². The number of hydrogen-bond donors (Lipinski definition) is 2. The molecule has 0 saturated carbocycles. The van der Waals surface area contributed by atoms with Crippen LogP contribution in [0, 0.1) is 5.92 Å². The maximum absolute atomic E-state index is 11.7. The second kappa shape index (κ2) is 10.1. The van der Waals surface area contributed by atoms with Crippen LogP contribution in [-0.2, 0) is 10.0 Å². The number of halogens is 1. The molecule has 0 heterocycles. The van der Waals surface area contributed by atoms with Crippen LogP contribution in [0.15, 0.2) is 0 Å². The number of likely N-dealkylation sites (N-methyl/N-ethyl adjacent to an activating group) is 1. The predicted octanol–water partition coefficient (Wildman–Crippen LogP) is 1.76. The predicted molar refractivity (Wildman–Crippen MR) is 76.2 cm³/mol. The lowest BCUT2D eigenvalue weighted by Gasteiger charge is -2.15. The van der Waals surface area contributed by atoms with Gasteiger partial charge in [-0.15, -0.1) is 12.4 Å². The fourth-order valence-corrected chi connectivity index (χ4v) is 3.22. The van der Waals surface area contributed by atoms with Crippen LogP contribution in [0.1, 0.15) is 40.5 Å². The van der Waals surface area contributed by atoms with E-state index in [0.29, 0.717) is 6.54 Å². The molecule has 0 amide bonds. The van der Waals surface area contributed by atoms with Crippen LogP contribution in [0.4, 0.5) is 0 Å². The van der Waals surface area contributed by atoms with Crippen LogP contribution in [0.25, 0.3) is 0 Å². The smallest absolute Gasteiger partial charge is 0.211 e. The molecule has 0 fully saturated rings. The monoisotopic (exact) mass is 286 g/mol. The van der Waals surface area contributed by atoms with Crippen molar-refractivity contribution >= 4 is 22.4 Å². The summed E-state index contributed by atoms with van der Waals surface area (Å²) in [6, 6.07) is 0.182. The first-order chi connectivity index (χ1) is 7.41. The summed E-state index contributed by atoms with van der Waals surface area (Å²) in [4.78, 5) is 0. The van der Waals surface area contributed by atoms with Crippen LogP contribution in [-0.4, -0.2) is 33.3 Å². The third-order valence-corrected chi connectivity index (χ3v) is 4.06. The fraction of sp³-hybridized carbons (Fsp3) is 1.00. The summed E-state index contributed by atoms with van der Waals surface area (Å²) in [6.07, 6.45) is 1.99. The Balaban J connectivity index is 0. The Morgan fingerprint density at radius 2 is 1.76 bits per heavy atom. The van der Waals surface area contributed by atoms with Gasteiger partial charge in [-0.2, -0.15) is 0 Å². The van der Waals surface area contributed by atoms with Crippen molar-refractivity contribution in [2.24, 2.45) is 5.92 Å². The highest BCUT2D eigenvalue weighted by molar-refractivity contribution is 7.89. The van der Waals surface area contributed by atoms with Gasteiger partial charge in [0.15, 0.2) is 0 Å². The van der Waals surface area contributed by atoms with Crippen molar-refractivity contribution in [2.45, 2.75) is 46.6 Å². The van der Waals surface area contributed by atoms with Crippen molar-refractivity contribution in [3.63, 3.8) is 0 Å². The molecule has 0 aliphatic heterocycles. The van der Waals surface area contributed by atoms with E-state index in [-0.39, 0.29) is 30.1 Å². The number of rotatable bonds is 9. The van der Waals surface area contributed by atoms with Crippen molar-refractivity contribution in [1.29, 1.82) is 0 Å². The van der Waals surface area contributed by atoms with E-state index < -0.39 is 10.0 Å². The summed E-state index contributed by atoms with van der Waals surface area (Å²) in [6.45, 7) is 9.36. The van der Waals surface area contributed by atoms with Crippen LogP contribution < -0.4 is 10.0 Å². The highest BCUT2D eigenvalue weighted by atomic mass is 35.5. The molecule has 6 heteroatoms. The summed E-state index contributed by atoms with van der Waals surface area (Å²) >= 11 is 0. The van der Waals surface area contributed by atoms with E-state index in [1.807, 2.05) is 20.8 Å². The molecule has 0 radical (unpaired) electrons. The molecule has 2 N–H and O–H groups in total. The van der Waals surface area contributed by atoms with Gasteiger partial charge in [0.25, 0.3) is 0 Å². The van der Waals surface area contributed by atoms with Crippen molar-refractivity contribution in [3.05, 3.63) is 0 Å². The van der Waals surface area contributed by atoms with Crippen LogP contribution >= 0.6 is 12.4 Å². The zero-order valence-electron chi connectivity index (χ0n) is 11.3. The van der Waals surface area contributed by atoms with E-state index in [4.69, 9.17) is 0 Å². The van der Waals surface area contributed by atoms with Gasteiger partial charge in [-0.25, -0.2) is 13.1 Å².